The van der Waals surface area contributed by atoms with E-state index in [-0.39, 0.29) is 18.1 Å². The lowest BCUT2D eigenvalue weighted by molar-refractivity contribution is -0.134. The summed E-state index contributed by atoms with van der Waals surface area (Å²) in [6.45, 7) is 5.66. The van der Waals surface area contributed by atoms with Crippen molar-refractivity contribution in [2.75, 3.05) is 13.1 Å². The number of ether oxygens (including phenoxy) is 1. The Balaban J connectivity index is 1.79. The highest BCUT2D eigenvalue weighted by atomic mass is 16.5. The minimum absolute atomic E-state index is 0.0851. The van der Waals surface area contributed by atoms with E-state index in [0.717, 1.165) is 38.1 Å². The highest BCUT2D eigenvalue weighted by Crippen LogP contribution is 2.19. The van der Waals surface area contributed by atoms with Crippen molar-refractivity contribution in [3.8, 4) is 5.75 Å². The molecule has 1 aromatic rings. The fraction of sp³-hybridized carbons (Fsp3) is 0.588. The first-order chi connectivity index (χ1) is 10.1. The lowest BCUT2D eigenvalue weighted by atomic mass is 10.0. The summed E-state index contributed by atoms with van der Waals surface area (Å²) in [6.07, 6.45) is 2.68. The summed E-state index contributed by atoms with van der Waals surface area (Å²) in [7, 11) is 0. The molecule has 1 atom stereocenters. The van der Waals surface area contributed by atoms with Crippen molar-refractivity contribution in [2.45, 2.75) is 45.3 Å². The maximum Gasteiger partial charge on any atom is 0.239 e. The molecule has 1 aliphatic rings. The quantitative estimate of drug-likeness (QED) is 0.906. The number of hydrogen-bond acceptors (Lipinski definition) is 3. The topological polar surface area (TPSA) is 55.6 Å². The molecule has 1 heterocycles. The zero-order valence-electron chi connectivity index (χ0n) is 13.0. The van der Waals surface area contributed by atoms with Crippen molar-refractivity contribution in [3.05, 3.63) is 30.3 Å². The van der Waals surface area contributed by atoms with Gasteiger partial charge in [-0.05, 0) is 24.5 Å². The Labute approximate surface area is 127 Å². The highest BCUT2D eigenvalue weighted by Gasteiger charge is 2.27. The zero-order chi connectivity index (χ0) is 15.2. The van der Waals surface area contributed by atoms with Gasteiger partial charge in [-0.2, -0.15) is 0 Å². The van der Waals surface area contributed by atoms with Gasteiger partial charge in [0.1, 0.15) is 11.9 Å². The van der Waals surface area contributed by atoms with Crippen molar-refractivity contribution in [3.63, 3.8) is 0 Å². The third-order valence-corrected chi connectivity index (χ3v) is 3.84. The van der Waals surface area contributed by atoms with Gasteiger partial charge in [-0.3, -0.25) is 4.79 Å². The van der Waals surface area contributed by atoms with Crippen molar-refractivity contribution >= 4 is 5.91 Å². The van der Waals surface area contributed by atoms with Crippen LogP contribution < -0.4 is 10.5 Å². The van der Waals surface area contributed by atoms with E-state index in [9.17, 15) is 4.79 Å². The molecule has 1 aromatic carbocycles. The molecule has 0 aliphatic carbocycles. The van der Waals surface area contributed by atoms with Crippen LogP contribution in [0.1, 0.15) is 33.1 Å². The first-order valence-electron chi connectivity index (χ1n) is 7.82. The Hall–Kier alpha value is -1.55. The molecule has 0 aromatic heterocycles. The van der Waals surface area contributed by atoms with Gasteiger partial charge in [0.2, 0.25) is 5.91 Å². The van der Waals surface area contributed by atoms with E-state index in [1.807, 2.05) is 35.2 Å². The largest absolute Gasteiger partial charge is 0.490 e. The van der Waals surface area contributed by atoms with E-state index in [4.69, 9.17) is 10.5 Å². The van der Waals surface area contributed by atoms with Gasteiger partial charge < -0.3 is 15.4 Å². The lowest BCUT2D eigenvalue weighted by Crippen LogP contribution is -2.49. The molecule has 2 rings (SSSR count). The fourth-order valence-corrected chi connectivity index (χ4v) is 2.73. The van der Waals surface area contributed by atoms with E-state index in [1.165, 1.54) is 0 Å². The molecule has 0 unspecified atom stereocenters. The maximum absolute atomic E-state index is 12.3. The maximum atomic E-state index is 12.3. The molecule has 0 radical (unpaired) electrons. The molecule has 1 aliphatic heterocycles. The van der Waals surface area contributed by atoms with Crippen LogP contribution in [0.5, 0.6) is 5.75 Å². The summed E-state index contributed by atoms with van der Waals surface area (Å²) < 4.78 is 5.94. The molecule has 0 saturated carbocycles. The number of hydrogen-bond donors (Lipinski definition) is 1. The van der Waals surface area contributed by atoms with Crippen LogP contribution >= 0.6 is 0 Å². The van der Waals surface area contributed by atoms with Crippen LogP contribution in [0.2, 0.25) is 0 Å². The van der Waals surface area contributed by atoms with Gasteiger partial charge in [-0.15, -0.1) is 0 Å². The van der Waals surface area contributed by atoms with Crippen LogP contribution in [-0.2, 0) is 4.79 Å². The number of para-hydroxylation sites is 1. The molecule has 21 heavy (non-hydrogen) atoms. The van der Waals surface area contributed by atoms with Gasteiger partial charge in [0, 0.05) is 25.9 Å². The smallest absolute Gasteiger partial charge is 0.239 e. The van der Waals surface area contributed by atoms with Crippen LogP contribution in [0.15, 0.2) is 30.3 Å². The van der Waals surface area contributed by atoms with Gasteiger partial charge in [-0.25, -0.2) is 0 Å². The normalized spacial score (nSPS) is 17.8. The van der Waals surface area contributed by atoms with Crippen LogP contribution in [0.3, 0.4) is 0 Å². The molecule has 2 N–H and O–H groups in total. The summed E-state index contributed by atoms with van der Waals surface area (Å²) in [5.74, 6) is 1.43. The van der Waals surface area contributed by atoms with Crippen LogP contribution in [0.25, 0.3) is 0 Å². The van der Waals surface area contributed by atoms with Crippen molar-refractivity contribution in [2.24, 2.45) is 11.7 Å². The first kappa shape index (κ1) is 15.8. The van der Waals surface area contributed by atoms with Gasteiger partial charge in [0.05, 0.1) is 6.04 Å². The minimum atomic E-state index is -0.364. The van der Waals surface area contributed by atoms with E-state index >= 15 is 0 Å². The number of likely N-dealkylation sites (tertiary alicyclic amines) is 1. The molecule has 4 nitrogen and oxygen atoms in total. The SMILES string of the molecule is CC(C)C[C@H](N)C(=O)N1CCC(Oc2ccccc2)CC1. The molecular formula is C17H26N2O2. The molecule has 4 heteroatoms. The molecule has 0 bridgehead atoms. The summed E-state index contributed by atoms with van der Waals surface area (Å²) in [4.78, 5) is 14.1. The second kappa shape index (κ2) is 7.46. The van der Waals surface area contributed by atoms with E-state index in [1.54, 1.807) is 0 Å². The molecular weight excluding hydrogens is 264 g/mol. The number of nitrogens with zero attached hydrogens (tertiary/aromatic N) is 1. The zero-order valence-corrected chi connectivity index (χ0v) is 13.0. The number of benzene rings is 1. The second-order valence-electron chi connectivity index (χ2n) is 6.19. The molecule has 116 valence electrons. The van der Waals surface area contributed by atoms with E-state index in [2.05, 4.69) is 13.8 Å². The molecule has 1 fully saturated rings. The van der Waals surface area contributed by atoms with Gasteiger partial charge in [0.25, 0.3) is 0 Å². The summed E-state index contributed by atoms with van der Waals surface area (Å²) in [5, 5.41) is 0. The average molecular weight is 290 g/mol. The van der Waals surface area contributed by atoms with Gasteiger partial charge >= 0.3 is 0 Å². The average Bonchev–Trinajstić information content (AvgIpc) is 2.47. The van der Waals surface area contributed by atoms with Crippen molar-refractivity contribution in [1.29, 1.82) is 0 Å². The lowest BCUT2D eigenvalue weighted by Gasteiger charge is -2.33. The Kier molecular flexibility index (Phi) is 5.62. The van der Waals surface area contributed by atoms with E-state index < -0.39 is 0 Å². The van der Waals surface area contributed by atoms with Crippen molar-refractivity contribution < 1.29 is 9.53 Å². The van der Waals surface area contributed by atoms with Crippen LogP contribution in [-0.4, -0.2) is 36.0 Å². The number of carbonyl (C=O) groups excluding carboxylic acids is 1. The van der Waals surface area contributed by atoms with E-state index in [0.29, 0.717) is 5.92 Å². The summed E-state index contributed by atoms with van der Waals surface area (Å²) >= 11 is 0. The molecule has 1 amide bonds. The third-order valence-electron chi connectivity index (χ3n) is 3.84. The van der Waals surface area contributed by atoms with Crippen LogP contribution in [0, 0.1) is 5.92 Å². The minimum Gasteiger partial charge on any atom is -0.490 e. The first-order valence-corrected chi connectivity index (χ1v) is 7.82. The Morgan fingerprint density at radius 3 is 2.48 bits per heavy atom. The number of piperidine rings is 1. The van der Waals surface area contributed by atoms with Gasteiger partial charge in [-0.1, -0.05) is 32.0 Å². The Morgan fingerprint density at radius 2 is 1.90 bits per heavy atom. The number of rotatable bonds is 5. The monoisotopic (exact) mass is 290 g/mol. The second-order valence-corrected chi connectivity index (χ2v) is 6.19. The Morgan fingerprint density at radius 1 is 1.29 bits per heavy atom. The van der Waals surface area contributed by atoms with Crippen LogP contribution in [0.4, 0.5) is 0 Å². The van der Waals surface area contributed by atoms with Gasteiger partial charge in [0.15, 0.2) is 0 Å². The molecule has 1 saturated heterocycles. The number of carbonyl (C=O) groups is 1. The standard InChI is InChI=1S/C17H26N2O2/c1-13(2)12-16(18)17(20)19-10-8-15(9-11-19)21-14-6-4-3-5-7-14/h3-7,13,15-16H,8-12,18H2,1-2H3/t16-/m0/s1. The molecule has 0 spiro atoms. The summed E-state index contributed by atoms with van der Waals surface area (Å²) in [5.41, 5.74) is 5.98. The highest BCUT2D eigenvalue weighted by molar-refractivity contribution is 5.81. The Bertz CT molecular complexity index is 439. The van der Waals surface area contributed by atoms with Crippen molar-refractivity contribution in [1.82, 2.24) is 4.90 Å². The summed E-state index contributed by atoms with van der Waals surface area (Å²) in [6, 6.07) is 9.49. The number of nitrogens with two attached hydrogens (primary N) is 1. The fourth-order valence-electron chi connectivity index (χ4n) is 2.73. The third kappa shape index (κ3) is 4.74. The predicted molar refractivity (Wildman–Crippen MR) is 84.1 cm³/mol. The number of amides is 1. The predicted octanol–water partition coefficient (Wildman–Crippen LogP) is 2.43.